The zero-order valence-corrected chi connectivity index (χ0v) is 13.5. The van der Waals surface area contributed by atoms with Gasteiger partial charge in [-0.15, -0.1) is 0 Å². The molecule has 1 saturated heterocycles. The average Bonchev–Trinajstić information content (AvgIpc) is 2.92. The lowest BCUT2D eigenvalue weighted by Crippen LogP contribution is -2.29. The van der Waals surface area contributed by atoms with Gasteiger partial charge in [-0.3, -0.25) is 5.10 Å². The highest BCUT2D eigenvalue weighted by Crippen LogP contribution is 2.28. The number of H-pyrrole nitrogens is 1. The summed E-state index contributed by atoms with van der Waals surface area (Å²) in [5, 5.41) is 8.74. The van der Waals surface area contributed by atoms with Gasteiger partial charge in [-0.05, 0) is 50.7 Å². The molecule has 0 aliphatic carbocycles. The highest BCUT2D eigenvalue weighted by Gasteiger charge is 2.22. The van der Waals surface area contributed by atoms with Gasteiger partial charge in [0.15, 0.2) is 5.82 Å². The van der Waals surface area contributed by atoms with Gasteiger partial charge >= 0.3 is 0 Å². The second kappa shape index (κ2) is 6.34. The van der Waals surface area contributed by atoms with Gasteiger partial charge in [0, 0.05) is 22.4 Å². The maximum atomic E-state index is 6.20. The summed E-state index contributed by atoms with van der Waals surface area (Å²) in [5.41, 5.74) is 0.895. The number of likely N-dealkylation sites (tertiary alicyclic amines) is 1. The Morgan fingerprint density at radius 2 is 1.90 bits per heavy atom. The van der Waals surface area contributed by atoms with E-state index in [1.165, 1.54) is 0 Å². The quantitative estimate of drug-likeness (QED) is 0.939. The van der Waals surface area contributed by atoms with Gasteiger partial charge in [-0.25, -0.2) is 4.98 Å². The summed E-state index contributed by atoms with van der Waals surface area (Å²) in [5.74, 6) is 2.19. The Hall–Kier alpha value is -1.10. The lowest BCUT2D eigenvalue weighted by molar-refractivity contribution is 0.251. The number of aromatic amines is 1. The molecule has 1 N–H and O–H groups in total. The van der Waals surface area contributed by atoms with Crippen LogP contribution in [0.25, 0.3) is 0 Å². The third kappa shape index (κ3) is 3.39. The van der Waals surface area contributed by atoms with Crippen LogP contribution in [0.4, 0.5) is 0 Å². The first kappa shape index (κ1) is 14.8. The summed E-state index contributed by atoms with van der Waals surface area (Å²) < 4.78 is 0. The monoisotopic (exact) mass is 324 g/mol. The summed E-state index contributed by atoms with van der Waals surface area (Å²) in [4.78, 5) is 6.97. The van der Waals surface area contributed by atoms with Crippen LogP contribution < -0.4 is 0 Å². The molecule has 1 aliphatic rings. The van der Waals surface area contributed by atoms with Crippen molar-refractivity contribution in [3.63, 3.8) is 0 Å². The van der Waals surface area contributed by atoms with Crippen molar-refractivity contribution in [3.05, 3.63) is 45.5 Å². The Morgan fingerprint density at radius 3 is 2.57 bits per heavy atom. The predicted octanol–water partition coefficient (Wildman–Crippen LogP) is 3.51. The Kier molecular flexibility index (Phi) is 4.48. The number of benzene rings is 1. The SMILES string of the molecule is CN1CCC(c2n[nH]c(Cc3c(Cl)cccc3Cl)n2)CC1. The molecule has 1 fully saturated rings. The van der Waals surface area contributed by atoms with Crippen LogP contribution in [-0.4, -0.2) is 40.2 Å². The molecule has 21 heavy (non-hydrogen) atoms. The normalized spacial score (nSPS) is 17.3. The number of piperidine rings is 1. The van der Waals surface area contributed by atoms with Crippen molar-refractivity contribution in [1.82, 2.24) is 20.1 Å². The molecule has 4 nitrogen and oxygen atoms in total. The van der Waals surface area contributed by atoms with Gasteiger partial charge in [-0.1, -0.05) is 29.3 Å². The predicted molar refractivity (Wildman–Crippen MR) is 85.1 cm³/mol. The van der Waals surface area contributed by atoms with E-state index < -0.39 is 0 Å². The van der Waals surface area contributed by atoms with E-state index in [0.717, 1.165) is 43.1 Å². The van der Waals surface area contributed by atoms with Crippen molar-refractivity contribution in [2.24, 2.45) is 0 Å². The van der Waals surface area contributed by atoms with Crippen molar-refractivity contribution < 1.29 is 0 Å². The molecule has 2 aromatic rings. The van der Waals surface area contributed by atoms with E-state index >= 15 is 0 Å². The van der Waals surface area contributed by atoms with Crippen LogP contribution in [0, 0.1) is 0 Å². The molecular formula is C15H18Cl2N4. The molecule has 0 amide bonds. The zero-order valence-electron chi connectivity index (χ0n) is 11.9. The molecule has 0 spiro atoms. The first-order valence-corrected chi connectivity index (χ1v) is 7.91. The molecule has 1 aromatic heterocycles. The van der Waals surface area contributed by atoms with E-state index in [1.807, 2.05) is 18.2 Å². The summed E-state index contributed by atoms with van der Waals surface area (Å²) >= 11 is 12.4. The molecule has 1 aliphatic heterocycles. The fraction of sp³-hybridized carbons (Fsp3) is 0.467. The van der Waals surface area contributed by atoms with Crippen LogP contribution in [0.15, 0.2) is 18.2 Å². The van der Waals surface area contributed by atoms with E-state index in [9.17, 15) is 0 Å². The number of hydrogen-bond acceptors (Lipinski definition) is 3. The zero-order chi connectivity index (χ0) is 14.8. The van der Waals surface area contributed by atoms with Crippen LogP contribution >= 0.6 is 23.2 Å². The van der Waals surface area contributed by atoms with Crippen LogP contribution in [0.1, 0.15) is 36.0 Å². The third-order valence-electron chi connectivity index (χ3n) is 4.04. The van der Waals surface area contributed by atoms with Crippen LogP contribution in [0.5, 0.6) is 0 Å². The topological polar surface area (TPSA) is 44.8 Å². The van der Waals surface area contributed by atoms with Crippen molar-refractivity contribution in [2.75, 3.05) is 20.1 Å². The smallest absolute Gasteiger partial charge is 0.153 e. The molecule has 1 aromatic carbocycles. The number of aromatic nitrogens is 3. The molecule has 0 bridgehead atoms. The molecule has 3 rings (SSSR count). The van der Waals surface area contributed by atoms with Crippen molar-refractivity contribution in [1.29, 1.82) is 0 Å². The number of rotatable bonds is 3. The lowest BCUT2D eigenvalue weighted by Gasteiger charge is -2.26. The molecule has 0 radical (unpaired) electrons. The second-order valence-corrected chi connectivity index (χ2v) is 6.41. The summed E-state index contributed by atoms with van der Waals surface area (Å²) in [6.07, 6.45) is 2.80. The van der Waals surface area contributed by atoms with Crippen LogP contribution in [0.3, 0.4) is 0 Å². The third-order valence-corrected chi connectivity index (χ3v) is 4.75. The first-order chi connectivity index (χ1) is 10.1. The van der Waals surface area contributed by atoms with Gasteiger partial charge in [0.1, 0.15) is 5.82 Å². The standard InChI is InChI=1S/C15H18Cl2N4/c1-21-7-5-10(6-8-21)15-18-14(19-20-15)9-11-12(16)3-2-4-13(11)17/h2-4,10H,5-9H2,1H3,(H,18,19,20). The average molecular weight is 325 g/mol. The van der Waals surface area contributed by atoms with Crippen molar-refractivity contribution in [2.45, 2.75) is 25.2 Å². The molecule has 2 heterocycles. The summed E-state index contributed by atoms with van der Waals surface area (Å²) in [6, 6.07) is 5.53. The van der Waals surface area contributed by atoms with E-state index in [-0.39, 0.29) is 0 Å². The fourth-order valence-electron chi connectivity index (χ4n) is 2.71. The van der Waals surface area contributed by atoms with Gasteiger partial charge in [0.2, 0.25) is 0 Å². The molecule has 0 atom stereocenters. The first-order valence-electron chi connectivity index (χ1n) is 7.16. The molecular weight excluding hydrogens is 307 g/mol. The minimum absolute atomic E-state index is 0.452. The maximum absolute atomic E-state index is 6.20. The number of nitrogens with one attached hydrogen (secondary N) is 1. The fourth-order valence-corrected chi connectivity index (χ4v) is 3.24. The summed E-state index contributed by atoms with van der Waals surface area (Å²) in [7, 11) is 2.15. The number of halogens is 2. The Morgan fingerprint density at radius 1 is 1.24 bits per heavy atom. The largest absolute Gasteiger partial charge is 0.306 e. The van der Waals surface area contributed by atoms with Crippen molar-refractivity contribution in [3.8, 4) is 0 Å². The van der Waals surface area contributed by atoms with E-state index in [0.29, 0.717) is 22.4 Å². The van der Waals surface area contributed by atoms with Crippen LogP contribution in [-0.2, 0) is 6.42 Å². The number of hydrogen-bond donors (Lipinski definition) is 1. The van der Waals surface area contributed by atoms with Crippen LogP contribution in [0.2, 0.25) is 10.0 Å². The molecule has 0 saturated carbocycles. The highest BCUT2D eigenvalue weighted by atomic mass is 35.5. The van der Waals surface area contributed by atoms with Crippen molar-refractivity contribution >= 4 is 23.2 Å². The minimum Gasteiger partial charge on any atom is -0.306 e. The van der Waals surface area contributed by atoms with Gasteiger partial charge in [0.05, 0.1) is 0 Å². The Labute approximate surface area is 134 Å². The summed E-state index contributed by atoms with van der Waals surface area (Å²) in [6.45, 7) is 2.20. The maximum Gasteiger partial charge on any atom is 0.153 e. The Balaban J connectivity index is 1.73. The minimum atomic E-state index is 0.452. The number of nitrogens with zero attached hydrogens (tertiary/aromatic N) is 3. The van der Waals surface area contributed by atoms with E-state index in [2.05, 4.69) is 27.1 Å². The van der Waals surface area contributed by atoms with Gasteiger partial charge in [0.25, 0.3) is 0 Å². The molecule has 0 unspecified atom stereocenters. The van der Waals surface area contributed by atoms with E-state index in [1.54, 1.807) is 0 Å². The highest BCUT2D eigenvalue weighted by molar-refractivity contribution is 6.36. The van der Waals surface area contributed by atoms with E-state index in [4.69, 9.17) is 23.2 Å². The van der Waals surface area contributed by atoms with Gasteiger partial charge in [-0.2, -0.15) is 5.10 Å². The molecule has 6 heteroatoms. The molecule has 112 valence electrons. The Bertz CT molecular complexity index is 598. The van der Waals surface area contributed by atoms with Gasteiger partial charge < -0.3 is 4.90 Å². The lowest BCUT2D eigenvalue weighted by atomic mass is 9.96. The second-order valence-electron chi connectivity index (χ2n) is 5.59.